The number of benzene rings is 2. The molecule has 4 rings (SSSR count). The maximum Gasteiger partial charge on any atom is 0.236 e. The second-order valence-electron chi connectivity index (χ2n) is 6.04. The second-order valence-corrected chi connectivity index (χ2v) is 8.01. The van der Waals surface area contributed by atoms with Crippen LogP contribution >= 0.6 is 23.1 Å². The number of hydrogen-bond donors (Lipinski definition) is 1. The van der Waals surface area contributed by atoms with E-state index in [4.69, 9.17) is 0 Å². The van der Waals surface area contributed by atoms with Crippen LogP contribution in [0.3, 0.4) is 0 Å². The molecule has 0 radical (unpaired) electrons. The SMILES string of the molecule is C=CCn1c(SCC(=O)Nc2nc3ccc(F)cc3s2)nnc1-c1ccccc1. The Morgan fingerprint density at radius 2 is 2.07 bits per heavy atom. The number of allylic oxidation sites excluding steroid dienone is 1. The molecule has 9 heteroatoms. The Kier molecular flexibility index (Phi) is 5.68. The third kappa shape index (κ3) is 4.36. The number of carbonyl (C=O) groups excluding carboxylic acids is 1. The highest BCUT2D eigenvalue weighted by molar-refractivity contribution is 7.99. The van der Waals surface area contributed by atoms with Gasteiger partial charge in [0.15, 0.2) is 16.1 Å². The van der Waals surface area contributed by atoms with E-state index in [2.05, 4.69) is 27.1 Å². The quantitative estimate of drug-likeness (QED) is 0.346. The van der Waals surface area contributed by atoms with Crippen molar-refractivity contribution in [1.82, 2.24) is 19.7 Å². The number of fused-ring (bicyclic) bond motifs is 1. The van der Waals surface area contributed by atoms with E-state index in [0.717, 1.165) is 11.4 Å². The molecule has 0 aliphatic carbocycles. The van der Waals surface area contributed by atoms with Crippen LogP contribution in [0.15, 0.2) is 66.3 Å². The highest BCUT2D eigenvalue weighted by Gasteiger charge is 2.15. The van der Waals surface area contributed by atoms with Gasteiger partial charge in [0.1, 0.15) is 5.82 Å². The Hall–Kier alpha value is -3.04. The summed E-state index contributed by atoms with van der Waals surface area (Å²) >= 11 is 2.52. The fourth-order valence-corrected chi connectivity index (χ4v) is 4.38. The molecule has 2 aromatic carbocycles. The fraction of sp³-hybridized carbons (Fsp3) is 0.100. The normalized spacial score (nSPS) is 10.9. The zero-order chi connectivity index (χ0) is 20.2. The number of thiazole rings is 1. The average molecular weight is 426 g/mol. The molecule has 0 saturated carbocycles. The van der Waals surface area contributed by atoms with Gasteiger partial charge in [0.05, 0.1) is 16.0 Å². The van der Waals surface area contributed by atoms with Gasteiger partial charge in [-0.3, -0.25) is 9.36 Å². The van der Waals surface area contributed by atoms with Crippen LogP contribution in [0.1, 0.15) is 0 Å². The predicted molar refractivity (Wildman–Crippen MR) is 115 cm³/mol. The van der Waals surface area contributed by atoms with E-state index >= 15 is 0 Å². The van der Waals surface area contributed by atoms with Gasteiger partial charge in [-0.25, -0.2) is 9.37 Å². The first kappa shape index (κ1) is 19.3. The molecule has 146 valence electrons. The van der Waals surface area contributed by atoms with E-state index in [9.17, 15) is 9.18 Å². The highest BCUT2D eigenvalue weighted by Crippen LogP contribution is 2.27. The van der Waals surface area contributed by atoms with E-state index in [1.807, 2.05) is 34.9 Å². The topological polar surface area (TPSA) is 72.7 Å². The number of aromatic nitrogens is 4. The van der Waals surface area contributed by atoms with Crippen molar-refractivity contribution in [2.75, 3.05) is 11.1 Å². The summed E-state index contributed by atoms with van der Waals surface area (Å²) in [7, 11) is 0. The molecule has 0 aliphatic heterocycles. The summed E-state index contributed by atoms with van der Waals surface area (Å²) in [4.78, 5) is 16.7. The molecular formula is C20H16FN5OS2. The average Bonchev–Trinajstić information content (AvgIpc) is 3.30. The van der Waals surface area contributed by atoms with Crippen molar-refractivity contribution < 1.29 is 9.18 Å². The smallest absolute Gasteiger partial charge is 0.236 e. The Bertz CT molecular complexity index is 1170. The molecule has 29 heavy (non-hydrogen) atoms. The largest absolute Gasteiger partial charge is 0.301 e. The standard InChI is InChI=1S/C20H16FN5OS2/c1-2-10-26-18(13-6-4-3-5-7-13)24-25-20(26)28-12-17(27)23-19-22-15-9-8-14(21)11-16(15)29-19/h2-9,11H,1,10,12H2,(H,22,23,27). The van der Waals surface area contributed by atoms with Gasteiger partial charge in [-0.2, -0.15) is 0 Å². The van der Waals surface area contributed by atoms with Crippen LogP contribution in [0.4, 0.5) is 9.52 Å². The number of halogens is 1. The number of thioether (sulfide) groups is 1. The van der Waals surface area contributed by atoms with Crippen LogP contribution in [0.25, 0.3) is 21.6 Å². The lowest BCUT2D eigenvalue weighted by atomic mass is 10.2. The summed E-state index contributed by atoms with van der Waals surface area (Å²) in [6.45, 7) is 4.32. The maximum absolute atomic E-state index is 13.3. The number of amides is 1. The van der Waals surface area contributed by atoms with E-state index in [-0.39, 0.29) is 17.5 Å². The van der Waals surface area contributed by atoms with E-state index < -0.39 is 0 Å². The molecule has 0 saturated heterocycles. The first-order chi connectivity index (χ1) is 14.1. The fourth-order valence-electron chi connectivity index (χ4n) is 2.73. The van der Waals surface area contributed by atoms with Crippen molar-refractivity contribution in [3.8, 4) is 11.4 Å². The summed E-state index contributed by atoms with van der Waals surface area (Å²) < 4.78 is 15.9. The van der Waals surface area contributed by atoms with Gasteiger partial charge in [0.2, 0.25) is 5.91 Å². The number of nitrogens with zero attached hydrogens (tertiary/aromatic N) is 4. The monoisotopic (exact) mass is 425 g/mol. The molecule has 0 fully saturated rings. The molecule has 4 aromatic rings. The Balaban J connectivity index is 1.46. The minimum Gasteiger partial charge on any atom is -0.301 e. The Labute approximate surface area is 174 Å². The third-order valence-corrected chi connectivity index (χ3v) is 5.89. The molecular weight excluding hydrogens is 409 g/mol. The lowest BCUT2D eigenvalue weighted by Crippen LogP contribution is -2.14. The molecule has 1 amide bonds. The molecule has 1 N–H and O–H groups in total. The lowest BCUT2D eigenvalue weighted by molar-refractivity contribution is -0.113. The summed E-state index contributed by atoms with van der Waals surface area (Å²) in [5.74, 6) is 0.324. The van der Waals surface area contributed by atoms with Crippen LogP contribution in [-0.4, -0.2) is 31.4 Å². The first-order valence-electron chi connectivity index (χ1n) is 8.72. The molecule has 0 unspecified atom stereocenters. The summed E-state index contributed by atoms with van der Waals surface area (Å²) in [6, 6.07) is 14.1. The molecule has 2 aromatic heterocycles. The summed E-state index contributed by atoms with van der Waals surface area (Å²) in [6.07, 6.45) is 1.76. The van der Waals surface area contributed by atoms with E-state index in [1.54, 1.807) is 12.1 Å². The number of rotatable bonds is 7. The van der Waals surface area contributed by atoms with Gasteiger partial charge < -0.3 is 5.32 Å². The van der Waals surface area contributed by atoms with E-state index in [1.165, 1.54) is 35.2 Å². The van der Waals surface area contributed by atoms with Gasteiger partial charge in [-0.15, -0.1) is 16.8 Å². The first-order valence-corrected chi connectivity index (χ1v) is 10.5. The lowest BCUT2D eigenvalue weighted by Gasteiger charge is -2.07. The molecule has 2 heterocycles. The van der Waals surface area contributed by atoms with Crippen molar-refractivity contribution in [3.63, 3.8) is 0 Å². The summed E-state index contributed by atoms with van der Waals surface area (Å²) in [5, 5.41) is 12.3. The van der Waals surface area contributed by atoms with Gasteiger partial charge in [-0.05, 0) is 18.2 Å². The highest BCUT2D eigenvalue weighted by atomic mass is 32.2. The number of hydrogen-bond acceptors (Lipinski definition) is 6. The molecule has 0 aliphatic rings. The van der Waals surface area contributed by atoms with Crippen molar-refractivity contribution in [2.24, 2.45) is 0 Å². The van der Waals surface area contributed by atoms with Crippen molar-refractivity contribution in [1.29, 1.82) is 0 Å². The zero-order valence-corrected chi connectivity index (χ0v) is 16.8. The van der Waals surface area contributed by atoms with Crippen molar-refractivity contribution in [3.05, 3.63) is 67.0 Å². The third-order valence-electron chi connectivity index (χ3n) is 3.99. The maximum atomic E-state index is 13.3. The summed E-state index contributed by atoms with van der Waals surface area (Å²) in [5.41, 5.74) is 1.59. The van der Waals surface area contributed by atoms with Crippen LogP contribution in [0.5, 0.6) is 0 Å². The van der Waals surface area contributed by atoms with Crippen LogP contribution in [-0.2, 0) is 11.3 Å². The predicted octanol–water partition coefficient (Wildman–Crippen LogP) is 4.61. The molecule has 0 bridgehead atoms. The Morgan fingerprint density at radius 3 is 2.86 bits per heavy atom. The van der Waals surface area contributed by atoms with Gasteiger partial charge >= 0.3 is 0 Å². The van der Waals surface area contributed by atoms with Gasteiger partial charge in [0, 0.05) is 12.1 Å². The molecule has 6 nitrogen and oxygen atoms in total. The van der Waals surface area contributed by atoms with Crippen LogP contribution < -0.4 is 5.32 Å². The number of nitrogens with one attached hydrogen (secondary N) is 1. The van der Waals surface area contributed by atoms with Crippen LogP contribution in [0.2, 0.25) is 0 Å². The van der Waals surface area contributed by atoms with Crippen LogP contribution in [0, 0.1) is 5.82 Å². The van der Waals surface area contributed by atoms with Crippen molar-refractivity contribution >= 4 is 44.4 Å². The minimum absolute atomic E-state index is 0.147. The number of anilines is 1. The molecule has 0 spiro atoms. The minimum atomic E-state index is -0.328. The van der Waals surface area contributed by atoms with Gasteiger partial charge in [-0.1, -0.05) is 59.5 Å². The zero-order valence-electron chi connectivity index (χ0n) is 15.2. The molecule has 0 atom stereocenters. The van der Waals surface area contributed by atoms with Crippen molar-refractivity contribution in [2.45, 2.75) is 11.7 Å². The van der Waals surface area contributed by atoms with E-state index in [0.29, 0.717) is 27.0 Å². The van der Waals surface area contributed by atoms with Gasteiger partial charge in [0.25, 0.3) is 0 Å². The Morgan fingerprint density at radius 1 is 1.24 bits per heavy atom. The number of carbonyl (C=O) groups is 1. The second kappa shape index (κ2) is 8.54.